The average molecular weight is 432 g/mol. The molecule has 0 unspecified atom stereocenters. The summed E-state index contributed by atoms with van der Waals surface area (Å²) in [5, 5.41) is 14.0. The number of ether oxygens (including phenoxy) is 1. The molecular weight excluding hydrogens is 414 g/mol. The van der Waals surface area contributed by atoms with Crippen molar-refractivity contribution in [2.75, 3.05) is 7.11 Å². The van der Waals surface area contributed by atoms with Crippen LogP contribution >= 0.6 is 11.6 Å². The predicted molar refractivity (Wildman–Crippen MR) is 120 cm³/mol. The highest BCUT2D eigenvalue weighted by Gasteiger charge is 2.19. The summed E-state index contributed by atoms with van der Waals surface area (Å²) in [6, 6.07) is 16.7. The third-order valence-corrected chi connectivity index (χ3v) is 5.49. The minimum atomic E-state index is -0.284. The van der Waals surface area contributed by atoms with Gasteiger partial charge in [0.15, 0.2) is 11.2 Å². The Balaban J connectivity index is 1.75. The van der Waals surface area contributed by atoms with E-state index in [0.717, 1.165) is 22.6 Å². The van der Waals surface area contributed by atoms with Gasteiger partial charge in [-0.15, -0.1) is 10.2 Å². The summed E-state index contributed by atoms with van der Waals surface area (Å²) < 4.78 is 8.46. The van der Waals surface area contributed by atoms with Crippen LogP contribution in [0.2, 0.25) is 5.02 Å². The smallest absolute Gasteiger partial charge is 0.285 e. The van der Waals surface area contributed by atoms with Crippen molar-refractivity contribution < 1.29 is 4.74 Å². The number of fused-ring (bicyclic) bond motifs is 3. The molecule has 31 heavy (non-hydrogen) atoms. The molecule has 0 radical (unpaired) electrons. The van der Waals surface area contributed by atoms with Crippen molar-refractivity contribution in [2.45, 2.75) is 13.3 Å². The molecule has 0 aliphatic carbocycles. The summed E-state index contributed by atoms with van der Waals surface area (Å²) in [4.78, 5) is 13.1. The van der Waals surface area contributed by atoms with Crippen LogP contribution in [0.3, 0.4) is 0 Å². The maximum Gasteiger partial charge on any atom is 0.285 e. The second kappa shape index (κ2) is 7.52. The van der Waals surface area contributed by atoms with Crippen LogP contribution in [0.25, 0.3) is 33.5 Å². The number of nitrogens with zero attached hydrogens (tertiary/aromatic N) is 5. The van der Waals surface area contributed by atoms with Gasteiger partial charge in [0.2, 0.25) is 0 Å². The number of hydrogen-bond donors (Lipinski definition) is 0. The Hall–Kier alpha value is -3.71. The molecule has 5 aromatic rings. The summed E-state index contributed by atoms with van der Waals surface area (Å²) in [5.41, 5.74) is 4.57. The summed E-state index contributed by atoms with van der Waals surface area (Å²) in [7, 11) is 1.63. The van der Waals surface area contributed by atoms with E-state index in [-0.39, 0.29) is 11.1 Å². The molecule has 0 spiro atoms. The van der Waals surface area contributed by atoms with E-state index in [4.69, 9.17) is 21.4 Å². The molecule has 0 saturated heterocycles. The van der Waals surface area contributed by atoms with E-state index in [1.54, 1.807) is 36.0 Å². The molecule has 0 saturated carbocycles. The predicted octanol–water partition coefficient (Wildman–Crippen LogP) is 4.32. The van der Waals surface area contributed by atoms with E-state index in [9.17, 15) is 4.79 Å². The molecular formula is C23H18ClN5O2. The molecule has 0 atom stereocenters. The standard InChI is InChI=1S/C23H18ClN5O2/c1-3-18-20(14-7-9-17(31-2)10-8-14)22-26-25-21-19(29(22)27-18)11-12-28(23(21)30)16-6-4-5-15(24)13-16/h4-13H,3H2,1-2H3. The van der Waals surface area contributed by atoms with Gasteiger partial charge in [0.05, 0.1) is 24.1 Å². The second-order valence-corrected chi connectivity index (χ2v) is 7.48. The second-order valence-electron chi connectivity index (χ2n) is 7.04. The van der Waals surface area contributed by atoms with Gasteiger partial charge in [0.1, 0.15) is 11.3 Å². The topological polar surface area (TPSA) is 74.3 Å². The molecule has 0 bridgehead atoms. The van der Waals surface area contributed by atoms with Crippen LogP contribution in [-0.4, -0.2) is 31.5 Å². The Kier molecular flexibility index (Phi) is 4.67. The lowest BCUT2D eigenvalue weighted by molar-refractivity contribution is 0.415. The number of pyridine rings is 1. The van der Waals surface area contributed by atoms with Gasteiger partial charge in [0.25, 0.3) is 5.56 Å². The van der Waals surface area contributed by atoms with Gasteiger partial charge in [0, 0.05) is 11.2 Å². The molecule has 0 aliphatic rings. The minimum absolute atomic E-state index is 0.237. The van der Waals surface area contributed by atoms with Crippen molar-refractivity contribution in [3.63, 3.8) is 0 Å². The maximum atomic E-state index is 13.1. The lowest BCUT2D eigenvalue weighted by atomic mass is 10.0. The molecule has 0 aliphatic heterocycles. The summed E-state index contributed by atoms with van der Waals surface area (Å²) >= 11 is 6.09. The largest absolute Gasteiger partial charge is 0.497 e. The van der Waals surface area contributed by atoms with E-state index in [1.165, 1.54) is 4.57 Å². The van der Waals surface area contributed by atoms with Crippen LogP contribution < -0.4 is 10.3 Å². The number of hydrogen-bond acceptors (Lipinski definition) is 5. The van der Waals surface area contributed by atoms with Gasteiger partial charge in [-0.2, -0.15) is 5.10 Å². The normalized spacial score (nSPS) is 11.3. The zero-order valence-electron chi connectivity index (χ0n) is 16.9. The van der Waals surface area contributed by atoms with Crippen molar-refractivity contribution >= 4 is 28.3 Å². The van der Waals surface area contributed by atoms with Crippen LogP contribution in [0.1, 0.15) is 12.6 Å². The summed E-state index contributed by atoms with van der Waals surface area (Å²) in [5.74, 6) is 0.774. The van der Waals surface area contributed by atoms with Crippen LogP contribution in [0.15, 0.2) is 65.6 Å². The van der Waals surface area contributed by atoms with E-state index < -0.39 is 0 Å². The Morgan fingerprint density at radius 3 is 2.58 bits per heavy atom. The maximum absolute atomic E-state index is 13.1. The monoisotopic (exact) mass is 431 g/mol. The molecule has 3 aromatic heterocycles. The molecule has 8 heteroatoms. The first-order valence-corrected chi connectivity index (χ1v) is 10.2. The molecule has 5 rings (SSSR count). The molecule has 3 heterocycles. The van der Waals surface area contributed by atoms with Crippen LogP contribution in [-0.2, 0) is 6.42 Å². The van der Waals surface area contributed by atoms with Crippen molar-refractivity contribution in [3.05, 3.63) is 81.9 Å². The van der Waals surface area contributed by atoms with Gasteiger partial charge in [-0.1, -0.05) is 36.7 Å². The minimum Gasteiger partial charge on any atom is -0.497 e. The van der Waals surface area contributed by atoms with Gasteiger partial charge in [-0.25, -0.2) is 4.52 Å². The van der Waals surface area contributed by atoms with Crippen molar-refractivity contribution in [2.24, 2.45) is 0 Å². The number of aryl methyl sites for hydroxylation is 1. The zero-order valence-corrected chi connectivity index (χ0v) is 17.7. The molecule has 0 fully saturated rings. The number of aromatic nitrogens is 5. The molecule has 7 nitrogen and oxygen atoms in total. The van der Waals surface area contributed by atoms with Crippen molar-refractivity contribution in [3.8, 4) is 22.6 Å². The van der Waals surface area contributed by atoms with E-state index in [0.29, 0.717) is 28.3 Å². The first-order valence-electron chi connectivity index (χ1n) is 9.80. The fraction of sp³-hybridized carbons (Fsp3) is 0.130. The fourth-order valence-electron chi connectivity index (χ4n) is 3.72. The zero-order chi connectivity index (χ0) is 21.5. The third-order valence-electron chi connectivity index (χ3n) is 5.25. The van der Waals surface area contributed by atoms with Gasteiger partial charge in [-0.3, -0.25) is 9.36 Å². The fourth-order valence-corrected chi connectivity index (χ4v) is 3.91. The molecule has 0 N–H and O–H groups in total. The highest BCUT2D eigenvalue weighted by atomic mass is 35.5. The lowest BCUT2D eigenvalue weighted by Crippen LogP contribution is -2.20. The number of methoxy groups -OCH3 is 1. The van der Waals surface area contributed by atoms with Crippen LogP contribution in [0.5, 0.6) is 5.75 Å². The van der Waals surface area contributed by atoms with E-state index in [2.05, 4.69) is 10.2 Å². The molecule has 0 amide bonds. The quantitative estimate of drug-likeness (QED) is 0.423. The number of rotatable bonds is 4. The van der Waals surface area contributed by atoms with Crippen molar-refractivity contribution in [1.82, 2.24) is 24.4 Å². The summed E-state index contributed by atoms with van der Waals surface area (Å²) in [6.45, 7) is 2.04. The van der Waals surface area contributed by atoms with E-state index >= 15 is 0 Å². The Morgan fingerprint density at radius 2 is 1.87 bits per heavy atom. The Morgan fingerprint density at radius 1 is 1.06 bits per heavy atom. The third kappa shape index (κ3) is 3.14. The molecule has 154 valence electrons. The first-order chi connectivity index (χ1) is 15.1. The average Bonchev–Trinajstić information content (AvgIpc) is 3.18. The Bertz CT molecular complexity index is 1490. The highest BCUT2D eigenvalue weighted by Crippen LogP contribution is 2.30. The first kappa shape index (κ1) is 19.3. The van der Waals surface area contributed by atoms with E-state index in [1.807, 2.05) is 43.3 Å². The summed E-state index contributed by atoms with van der Waals surface area (Å²) in [6.07, 6.45) is 2.42. The molecule has 2 aromatic carbocycles. The van der Waals surface area contributed by atoms with Crippen LogP contribution in [0.4, 0.5) is 0 Å². The van der Waals surface area contributed by atoms with Crippen molar-refractivity contribution in [1.29, 1.82) is 0 Å². The lowest BCUT2D eigenvalue weighted by Gasteiger charge is -2.08. The van der Waals surface area contributed by atoms with Gasteiger partial charge < -0.3 is 4.74 Å². The number of benzene rings is 2. The Labute approximate surface area is 182 Å². The highest BCUT2D eigenvalue weighted by molar-refractivity contribution is 6.30. The van der Waals surface area contributed by atoms with Gasteiger partial charge >= 0.3 is 0 Å². The van der Waals surface area contributed by atoms with Crippen LogP contribution in [0, 0.1) is 0 Å². The van der Waals surface area contributed by atoms with Gasteiger partial charge in [-0.05, 0) is 48.4 Å². The number of halogens is 1. The SMILES string of the molecule is CCc1nn2c(nnc3c(=O)n(-c4cccc(Cl)c4)ccc32)c1-c1ccc(OC)cc1.